The Balaban J connectivity index is 3.95. The summed E-state index contributed by atoms with van der Waals surface area (Å²) in [5, 5.41) is 16.6. The third-order valence-corrected chi connectivity index (χ3v) is 1.63. The highest BCUT2D eigenvalue weighted by atomic mass is 16.6. The van der Waals surface area contributed by atoms with E-state index in [4.69, 9.17) is 10.2 Å². The average Bonchev–Trinajstić information content (AvgIpc) is 2.15. The first-order valence-corrected chi connectivity index (χ1v) is 4.69. The van der Waals surface area contributed by atoms with Crippen molar-refractivity contribution in [1.29, 1.82) is 0 Å². The monoisotopic (exact) mass is 244 g/mol. The van der Waals surface area contributed by atoms with Gasteiger partial charge in [-0.15, -0.1) is 0 Å². The number of rotatable bonds is 7. The first-order valence-electron chi connectivity index (χ1n) is 4.69. The maximum absolute atomic E-state index is 11.1. The van der Waals surface area contributed by atoms with Gasteiger partial charge in [0.1, 0.15) is 0 Å². The third kappa shape index (κ3) is 7.71. The summed E-state index contributed by atoms with van der Waals surface area (Å²) in [6.07, 6.45) is -0.994. The lowest BCUT2D eigenvalue weighted by Crippen LogP contribution is -2.15. The van der Waals surface area contributed by atoms with Crippen LogP contribution in [0.25, 0.3) is 0 Å². The molecule has 0 radical (unpaired) electrons. The van der Waals surface area contributed by atoms with Crippen LogP contribution in [-0.4, -0.2) is 34.1 Å². The fraction of sp³-hybridized carbons (Fsp3) is 0.400. The van der Waals surface area contributed by atoms with Crippen LogP contribution in [0.15, 0.2) is 12.2 Å². The summed E-state index contributed by atoms with van der Waals surface area (Å²) in [6, 6.07) is 0. The predicted octanol–water partition coefficient (Wildman–Crippen LogP) is 0.342. The van der Waals surface area contributed by atoms with Crippen molar-refractivity contribution in [2.75, 3.05) is 0 Å². The normalized spacial score (nSPS) is 9.41. The van der Waals surface area contributed by atoms with Crippen LogP contribution in [-0.2, 0) is 23.9 Å². The van der Waals surface area contributed by atoms with E-state index in [9.17, 15) is 19.2 Å². The topological polar surface area (TPSA) is 118 Å². The van der Waals surface area contributed by atoms with Gasteiger partial charge in [-0.05, 0) is 6.42 Å². The molecule has 0 amide bonds. The number of hydrogen-bond donors (Lipinski definition) is 2. The maximum atomic E-state index is 11.1. The van der Waals surface area contributed by atoms with Crippen molar-refractivity contribution < 1.29 is 34.1 Å². The van der Waals surface area contributed by atoms with Crippen LogP contribution in [0.5, 0.6) is 0 Å². The summed E-state index contributed by atoms with van der Waals surface area (Å²) in [5.41, 5.74) is -0.343. The smallest absolute Gasteiger partial charge is 0.341 e. The summed E-state index contributed by atoms with van der Waals surface area (Å²) in [6.45, 7) is 3.15. The lowest BCUT2D eigenvalue weighted by atomic mass is 10.2. The molecular weight excluding hydrogens is 232 g/mol. The van der Waals surface area contributed by atoms with Crippen molar-refractivity contribution in [2.45, 2.75) is 25.7 Å². The van der Waals surface area contributed by atoms with Crippen molar-refractivity contribution in [3.8, 4) is 0 Å². The summed E-state index contributed by atoms with van der Waals surface area (Å²) in [7, 11) is 0. The molecule has 0 saturated heterocycles. The molecule has 0 heterocycles. The van der Waals surface area contributed by atoms with Gasteiger partial charge in [-0.1, -0.05) is 6.58 Å². The van der Waals surface area contributed by atoms with E-state index >= 15 is 0 Å². The number of esters is 2. The Labute approximate surface area is 96.7 Å². The summed E-state index contributed by atoms with van der Waals surface area (Å²) in [4.78, 5) is 42.4. The van der Waals surface area contributed by atoms with Crippen LogP contribution in [0, 0.1) is 0 Å². The molecule has 0 atom stereocenters. The molecule has 0 spiro atoms. The first-order chi connectivity index (χ1) is 7.82. The van der Waals surface area contributed by atoms with Gasteiger partial charge in [-0.3, -0.25) is 14.4 Å². The highest BCUT2D eigenvalue weighted by Gasteiger charge is 2.16. The molecule has 0 bridgehead atoms. The quantitative estimate of drug-likeness (QED) is 0.376. The van der Waals surface area contributed by atoms with Gasteiger partial charge >= 0.3 is 23.9 Å². The van der Waals surface area contributed by atoms with Crippen LogP contribution >= 0.6 is 0 Å². The minimum Gasteiger partial charge on any atom is -0.481 e. The second-order valence-electron chi connectivity index (χ2n) is 3.18. The van der Waals surface area contributed by atoms with E-state index in [-0.39, 0.29) is 24.8 Å². The maximum Gasteiger partial charge on any atom is 0.341 e. The van der Waals surface area contributed by atoms with Crippen LogP contribution in [0.4, 0.5) is 0 Å². The highest BCUT2D eigenvalue weighted by Crippen LogP contribution is 2.04. The second-order valence-corrected chi connectivity index (χ2v) is 3.18. The van der Waals surface area contributed by atoms with E-state index in [1.54, 1.807) is 0 Å². The minimum absolute atomic E-state index is 0.0485. The Bertz CT molecular complexity index is 356. The molecule has 0 aliphatic rings. The fourth-order valence-electron chi connectivity index (χ4n) is 0.865. The lowest BCUT2D eigenvalue weighted by molar-refractivity contribution is -0.157. The summed E-state index contributed by atoms with van der Waals surface area (Å²) >= 11 is 0. The number of carbonyl (C=O) groups excluding carboxylic acids is 2. The predicted molar refractivity (Wildman–Crippen MR) is 54.0 cm³/mol. The molecule has 0 aliphatic carbocycles. The van der Waals surface area contributed by atoms with Crippen molar-refractivity contribution >= 4 is 23.9 Å². The number of carboxylic acids is 2. The Morgan fingerprint density at radius 1 is 1.00 bits per heavy atom. The van der Waals surface area contributed by atoms with E-state index in [0.29, 0.717) is 0 Å². The van der Waals surface area contributed by atoms with Crippen molar-refractivity contribution in [3.63, 3.8) is 0 Å². The molecule has 0 aromatic heterocycles. The fourth-order valence-corrected chi connectivity index (χ4v) is 0.865. The Morgan fingerprint density at radius 2 is 1.59 bits per heavy atom. The van der Waals surface area contributed by atoms with E-state index in [1.165, 1.54) is 0 Å². The molecule has 2 N–H and O–H groups in total. The van der Waals surface area contributed by atoms with Crippen molar-refractivity contribution in [1.82, 2.24) is 0 Å². The number of carboxylic acid groups (broad SMARTS) is 2. The summed E-state index contributed by atoms with van der Waals surface area (Å²) in [5.74, 6) is -4.32. The molecule has 7 heteroatoms. The lowest BCUT2D eigenvalue weighted by Gasteiger charge is -2.03. The molecule has 0 rings (SSSR count). The number of ether oxygens (including phenoxy) is 1. The molecular formula is C10H12O7. The van der Waals surface area contributed by atoms with Crippen LogP contribution in [0.1, 0.15) is 25.7 Å². The average molecular weight is 244 g/mol. The number of hydrogen-bond acceptors (Lipinski definition) is 5. The van der Waals surface area contributed by atoms with Gasteiger partial charge in [0.2, 0.25) is 0 Å². The zero-order chi connectivity index (χ0) is 13.4. The first kappa shape index (κ1) is 14.8. The molecule has 17 heavy (non-hydrogen) atoms. The van der Waals surface area contributed by atoms with Gasteiger partial charge in [0.25, 0.3) is 0 Å². The Morgan fingerprint density at radius 3 is 2.06 bits per heavy atom. The van der Waals surface area contributed by atoms with Gasteiger partial charge in [-0.25, -0.2) is 4.79 Å². The molecule has 0 unspecified atom stereocenters. The molecule has 7 nitrogen and oxygen atoms in total. The molecule has 0 aromatic rings. The minimum atomic E-state index is -1.26. The SMILES string of the molecule is C=C(CC(=O)O)C(=O)OC(=O)CCCC(=O)O. The van der Waals surface area contributed by atoms with E-state index in [1.807, 2.05) is 0 Å². The summed E-state index contributed by atoms with van der Waals surface area (Å²) < 4.78 is 4.26. The largest absolute Gasteiger partial charge is 0.481 e. The number of carbonyl (C=O) groups is 4. The van der Waals surface area contributed by atoms with Crippen molar-refractivity contribution in [3.05, 3.63) is 12.2 Å². The van der Waals surface area contributed by atoms with Gasteiger partial charge in [0.15, 0.2) is 0 Å². The van der Waals surface area contributed by atoms with Crippen LogP contribution < -0.4 is 0 Å². The highest BCUT2D eigenvalue weighted by molar-refractivity contribution is 5.98. The van der Waals surface area contributed by atoms with E-state index in [2.05, 4.69) is 11.3 Å². The number of aliphatic carboxylic acids is 2. The molecule has 0 aliphatic heterocycles. The van der Waals surface area contributed by atoms with Gasteiger partial charge in [0, 0.05) is 18.4 Å². The van der Waals surface area contributed by atoms with E-state index in [0.717, 1.165) is 0 Å². The third-order valence-electron chi connectivity index (χ3n) is 1.63. The molecule has 0 aromatic carbocycles. The molecule has 0 fully saturated rings. The van der Waals surface area contributed by atoms with Crippen molar-refractivity contribution in [2.24, 2.45) is 0 Å². The van der Waals surface area contributed by atoms with Gasteiger partial charge < -0.3 is 14.9 Å². The van der Waals surface area contributed by atoms with Gasteiger partial charge in [0.05, 0.1) is 6.42 Å². The van der Waals surface area contributed by atoms with Gasteiger partial charge in [-0.2, -0.15) is 0 Å². The standard InChI is InChI=1S/C10H12O7/c1-6(5-8(13)14)10(16)17-9(15)4-2-3-7(11)12/h1-5H2,(H,11,12)(H,13,14). The zero-order valence-corrected chi connectivity index (χ0v) is 8.97. The zero-order valence-electron chi connectivity index (χ0n) is 8.97. The molecule has 0 saturated carbocycles. The molecule has 94 valence electrons. The van der Waals surface area contributed by atoms with Crippen LogP contribution in [0.2, 0.25) is 0 Å². The Hall–Kier alpha value is -2.18. The second kappa shape index (κ2) is 7.15. The van der Waals surface area contributed by atoms with E-state index < -0.39 is 30.3 Å². The van der Waals surface area contributed by atoms with Crippen LogP contribution in [0.3, 0.4) is 0 Å². The Kier molecular flexibility index (Phi) is 6.24.